The van der Waals surface area contributed by atoms with E-state index in [0.29, 0.717) is 16.3 Å². The molecule has 0 saturated carbocycles. The molecular formula is C14H13ClN2O2. The quantitative estimate of drug-likeness (QED) is 0.582. The minimum absolute atomic E-state index is 0.0452. The number of nitrogen functional groups attached to an aromatic ring is 1. The van der Waals surface area contributed by atoms with Crippen molar-refractivity contribution in [3.05, 3.63) is 52.5 Å². The minimum Gasteiger partial charge on any atom is -0.508 e. The van der Waals surface area contributed by atoms with Gasteiger partial charge in [-0.15, -0.1) is 0 Å². The van der Waals surface area contributed by atoms with Crippen molar-refractivity contribution < 1.29 is 9.90 Å². The molecule has 4 nitrogen and oxygen atoms in total. The second-order valence-electron chi connectivity index (χ2n) is 4.21. The summed E-state index contributed by atoms with van der Waals surface area (Å²) in [6, 6.07) is 9.53. The van der Waals surface area contributed by atoms with E-state index in [1.54, 1.807) is 18.2 Å². The fourth-order valence-electron chi connectivity index (χ4n) is 1.66. The Balaban J connectivity index is 2.25. The molecule has 0 saturated heterocycles. The van der Waals surface area contributed by atoms with Crippen molar-refractivity contribution in [3.63, 3.8) is 0 Å². The number of halogens is 1. The summed E-state index contributed by atoms with van der Waals surface area (Å²) in [7, 11) is 0. The van der Waals surface area contributed by atoms with Gasteiger partial charge >= 0.3 is 0 Å². The number of benzene rings is 2. The Hall–Kier alpha value is -2.20. The molecule has 0 unspecified atom stereocenters. The van der Waals surface area contributed by atoms with E-state index < -0.39 is 0 Å². The number of nitrogens with one attached hydrogen (secondary N) is 1. The third kappa shape index (κ3) is 2.98. The summed E-state index contributed by atoms with van der Waals surface area (Å²) in [5.74, 6) is -0.300. The summed E-state index contributed by atoms with van der Waals surface area (Å²) < 4.78 is 0. The van der Waals surface area contributed by atoms with Gasteiger partial charge in [0.05, 0.1) is 22.0 Å². The van der Waals surface area contributed by atoms with E-state index in [4.69, 9.17) is 17.3 Å². The average Bonchev–Trinajstić information content (AvgIpc) is 2.32. The molecule has 0 heterocycles. The standard InChI is InChI=1S/C14H13ClN2O2/c1-8-2-4-10(11(15)6-8)14(19)17-13-5-3-9(18)7-12(13)16/h2-7,18H,16H2,1H3,(H,17,19). The molecule has 0 aliphatic rings. The summed E-state index contributed by atoms with van der Waals surface area (Å²) in [5, 5.41) is 12.3. The van der Waals surface area contributed by atoms with Crippen LogP contribution < -0.4 is 11.1 Å². The lowest BCUT2D eigenvalue weighted by molar-refractivity contribution is 0.102. The smallest absolute Gasteiger partial charge is 0.257 e. The van der Waals surface area contributed by atoms with Crippen LogP contribution in [0.5, 0.6) is 5.75 Å². The SMILES string of the molecule is Cc1ccc(C(=O)Nc2ccc(O)cc2N)c(Cl)c1. The highest BCUT2D eigenvalue weighted by molar-refractivity contribution is 6.34. The monoisotopic (exact) mass is 276 g/mol. The molecule has 0 aliphatic carbocycles. The van der Waals surface area contributed by atoms with E-state index in [1.165, 1.54) is 18.2 Å². The maximum Gasteiger partial charge on any atom is 0.257 e. The Morgan fingerprint density at radius 1 is 1.26 bits per heavy atom. The maximum atomic E-state index is 12.1. The topological polar surface area (TPSA) is 75.3 Å². The van der Waals surface area contributed by atoms with Crippen LogP contribution in [0.1, 0.15) is 15.9 Å². The highest BCUT2D eigenvalue weighted by Gasteiger charge is 2.12. The van der Waals surface area contributed by atoms with Crippen molar-refractivity contribution in [2.24, 2.45) is 0 Å². The molecule has 0 aromatic heterocycles. The van der Waals surface area contributed by atoms with Gasteiger partial charge in [0.25, 0.3) is 5.91 Å². The first kappa shape index (κ1) is 13.2. The number of phenolic OH excluding ortho intramolecular Hbond substituents is 1. The molecular weight excluding hydrogens is 264 g/mol. The van der Waals surface area contributed by atoms with Crippen LogP contribution >= 0.6 is 11.6 Å². The number of rotatable bonds is 2. The van der Waals surface area contributed by atoms with E-state index in [9.17, 15) is 9.90 Å². The number of hydrogen-bond donors (Lipinski definition) is 3. The van der Waals surface area contributed by atoms with Gasteiger partial charge in [-0.3, -0.25) is 4.79 Å². The first-order valence-corrected chi connectivity index (χ1v) is 6.01. The number of aromatic hydroxyl groups is 1. The summed E-state index contributed by atoms with van der Waals surface area (Å²) in [5.41, 5.74) is 7.77. The van der Waals surface area contributed by atoms with E-state index in [1.807, 2.05) is 6.92 Å². The molecule has 0 atom stereocenters. The number of anilines is 2. The molecule has 2 aromatic carbocycles. The first-order valence-electron chi connectivity index (χ1n) is 5.63. The lowest BCUT2D eigenvalue weighted by Crippen LogP contribution is -2.13. The number of phenols is 1. The van der Waals surface area contributed by atoms with Gasteiger partial charge < -0.3 is 16.2 Å². The van der Waals surface area contributed by atoms with Crippen LogP contribution in [-0.2, 0) is 0 Å². The van der Waals surface area contributed by atoms with E-state index in [2.05, 4.69) is 5.32 Å². The Labute approximate surface area is 115 Å². The van der Waals surface area contributed by atoms with Gasteiger partial charge in [-0.2, -0.15) is 0 Å². The second-order valence-corrected chi connectivity index (χ2v) is 4.62. The zero-order valence-electron chi connectivity index (χ0n) is 10.3. The molecule has 0 fully saturated rings. The van der Waals surface area contributed by atoms with Gasteiger partial charge in [0.15, 0.2) is 0 Å². The maximum absolute atomic E-state index is 12.1. The fraction of sp³-hybridized carbons (Fsp3) is 0.0714. The molecule has 2 aromatic rings. The third-order valence-corrected chi connectivity index (χ3v) is 2.97. The highest BCUT2D eigenvalue weighted by atomic mass is 35.5. The van der Waals surface area contributed by atoms with Crippen molar-refractivity contribution >= 4 is 28.9 Å². The average molecular weight is 277 g/mol. The summed E-state index contributed by atoms with van der Waals surface area (Å²) in [4.78, 5) is 12.1. The van der Waals surface area contributed by atoms with Gasteiger partial charge in [-0.1, -0.05) is 17.7 Å². The van der Waals surface area contributed by atoms with Gasteiger partial charge in [0.2, 0.25) is 0 Å². The van der Waals surface area contributed by atoms with Crippen LogP contribution in [0, 0.1) is 6.92 Å². The molecule has 4 N–H and O–H groups in total. The normalized spacial score (nSPS) is 10.2. The Morgan fingerprint density at radius 2 is 2.00 bits per heavy atom. The summed E-state index contributed by atoms with van der Waals surface area (Å²) in [6.07, 6.45) is 0. The molecule has 19 heavy (non-hydrogen) atoms. The molecule has 0 aliphatic heterocycles. The molecule has 0 bridgehead atoms. The van der Waals surface area contributed by atoms with E-state index >= 15 is 0 Å². The van der Waals surface area contributed by atoms with Gasteiger partial charge in [-0.05, 0) is 36.8 Å². The van der Waals surface area contributed by atoms with Crippen LogP contribution in [-0.4, -0.2) is 11.0 Å². The number of nitrogens with two attached hydrogens (primary N) is 1. The number of carbonyl (C=O) groups excluding carboxylic acids is 1. The molecule has 2 rings (SSSR count). The molecule has 0 radical (unpaired) electrons. The van der Waals surface area contributed by atoms with Crippen LogP contribution in [0.3, 0.4) is 0 Å². The summed E-state index contributed by atoms with van der Waals surface area (Å²) >= 11 is 6.02. The predicted molar refractivity (Wildman–Crippen MR) is 76.7 cm³/mol. The van der Waals surface area contributed by atoms with Gasteiger partial charge in [0, 0.05) is 6.07 Å². The number of carbonyl (C=O) groups is 1. The minimum atomic E-state index is -0.345. The lowest BCUT2D eigenvalue weighted by Gasteiger charge is -2.09. The number of aryl methyl sites for hydroxylation is 1. The van der Waals surface area contributed by atoms with Crippen LogP contribution in [0.25, 0.3) is 0 Å². The highest BCUT2D eigenvalue weighted by Crippen LogP contribution is 2.25. The first-order chi connectivity index (χ1) is 8.97. The largest absolute Gasteiger partial charge is 0.508 e. The zero-order chi connectivity index (χ0) is 14.0. The molecule has 98 valence electrons. The van der Waals surface area contributed by atoms with Gasteiger partial charge in [-0.25, -0.2) is 0 Å². The van der Waals surface area contributed by atoms with Crippen molar-refractivity contribution in [2.45, 2.75) is 6.92 Å². The number of hydrogen-bond acceptors (Lipinski definition) is 3. The third-order valence-electron chi connectivity index (χ3n) is 2.65. The van der Waals surface area contributed by atoms with Gasteiger partial charge in [0.1, 0.15) is 5.75 Å². The number of amides is 1. The van der Waals surface area contributed by atoms with Crippen LogP contribution in [0.15, 0.2) is 36.4 Å². The Morgan fingerprint density at radius 3 is 2.63 bits per heavy atom. The van der Waals surface area contributed by atoms with E-state index in [0.717, 1.165) is 5.56 Å². The lowest BCUT2D eigenvalue weighted by atomic mass is 10.1. The summed E-state index contributed by atoms with van der Waals surface area (Å²) in [6.45, 7) is 1.89. The molecule has 0 spiro atoms. The molecule has 5 heteroatoms. The Kier molecular flexibility index (Phi) is 3.62. The predicted octanol–water partition coefficient (Wildman–Crippen LogP) is 3.19. The van der Waals surface area contributed by atoms with Crippen molar-refractivity contribution in [3.8, 4) is 5.75 Å². The second kappa shape index (κ2) is 5.20. The van der Waals surface area contributed by atoms with Crippen molar-refractivity contribution in [1.29, 1.82) is 0 Å². The van der Waals surface area contributed by atoms with Crippen LogP contribution in [0.2, 0.25) is 5.02 Å². The zero-order valence-corrected chi connectivity index (χ0v) is 11.0. The van der Waals surface area contributed by atoms with E-state index in [-0.39, 0.29) is 17.3 Å². The Bertz CT molecular complexity index is 641. The van der Waals surface area contributed by atoms with Crippen molar-refractivity contribution in [2.75, 3.05) is 11.1 Å². The molecule has 1 amide bonds. The van der Waals surface area contributed by atoms with Crippen LogP contribution in [0.4, 0.5) is 11.4 Å². The van der Waals surface area contributed by atoms with Crippen molar-refractivity contribution in [1.82, 2.24) is 0 Å². The fourth-order valence-corrected chi connectivity index (χ4v) is 1.98.